The van der Waals surface area contributed by atoms with Crippen molar-refractivity contribution in [3.05, 3.63) is 12.3 Å². The zero-order valence-electron chi connectivity index (χ0n) is 6.94. The van der Waals surface area contributed by atoms with Gasteiger partial charge >= 0.3 is 0 Å². The van der Waals surface area contributed by atoms with Crippen LogP contribution in [0, 0.1) is 0 Å². The second-order valence-corrected chi connectivity index (χ2v) is 2.43. The van der Waals surface area contributed by atoms with Crippen LogP contribution in [-0.2, 0) is 0 Å². The number of hydrogen-bond donors (Lipinski definition) is 2. The van der Waals surface area contributed by atoms with Crippen LogP contribution < -0.4 is 10.6 Å². The highest BCUT2D eigenvalue weighted by Crippen LogP contribution is 2.04. The van der Waals surface area contributed by atoms with Crippen LogP contribution in [-0.4, -0.2) is 35.3 Å². The number of aromatic nitrogens is 2. The van der Waals surface area contributed by atoms with Crippen molar-refractivity contribution < 1.29 is 5.11 Å². The van der Waals surface area contributed by atoms with Gasteiger partial charge in [0, 0.05) is 19.8 Å². The van der Waals surface area contributed by atoms with Crippen molar-refractivity contribution in [1.29, 1.82) is 0 Å². The fourth-order valence-corrected chi connectivity index (χ4v) is 0.796. The van der Waals surface area contributed by atoms with E-state index < -0.39 is 0 Å². The van der Waals surface area contributed by atoms with Crippen molar-refractivity contribution in [3.63, 3.8) is 0 Å². The van der Waals surface area contributed by atoms with Crippen LogP contribution in [0.15, 0.2) is 12.3 Å². The molecule has 1 rings (SSSR count). The molecule has 0 aliphatic carbocycles. The van der Waals surface area contributed by atoms with Gasteiger partial charge in [-0.1, -0.05) is 0 Å². The summed E-state index contributed by atoms with van der Waals surface area (Å²) in [5, 5.41) is 8.64. The molecule has 0 atom stereocenters. The zero-order valence-corrected chi connectivity index (χ0v) is 6.94. The summed E-state index contributed by atoms with van der Waals surface area (Å²) in [6, 6.07) is 1.62. The Hall–Kier alpha value is -1.36. The molecule has 12 heavy (non-hydrogen) atoms. The highest BCUT2D eigenvalue weighted by atomic mass is 16.3. The number of rotatable bonds is 3. The van der Waals surface area contributed by atoms with E-state index in [9.17, 15) is 0 Å². The predicted octanol–water partition coefficient (Wildman–Crippen LogP) is -0.513. The molecule has 0 fully saturated rings. The zero-order chi connectivity index (χ0) is 8.97. The lowest BCUT2D eigenvalue weighted by molar-refractivity contribution is 0.303. The molecule has 1 aromatic rings. The Kier molecular flexibility index (Phi) is 2.82. The van der Waals surface area contributed by atoms with Crippen molar-refractivity contribution in [2.75, 3.05) is 30.8 Å². The summed E-state index contributed by atoms with van der Waals surface area (Å²) in [6.45, 7) is 0.581. The van der Waals surface area contributed by atoms with Gasteiger partial charge in [0.05, 0.1) is 6.61 Å². The van der Waals surface area contributed by atoms with Gasteiger partial charge in [0.2, 0.25) is 5.95 Å². The van der Waals surface area contributed by atoms with E-state index in [2.05, 4.69) is 9.97 Å². The summed E-state index contributed by atoms with van der Waals surface area (Å²) in [4.78, 5) is 9.69. The van der Waals surface area contributed by atoms with E-state index in [0.29, 0.717) is 18.3 Å². The summed E-state index contributed by atoms with van der Waals surface area (Å²) in [5.74, 6) is 0.967. The lowest BCUT2D eigenvalue weighted by Crippen LogP contribution is -2.23. The number of nitrogen functional groups attached to an aromatic ring is 1. The maximum absolute atomic E-state index is 8.64. The lowest BCUT2D eigenvalue weighted by Gasteiger charge is -2.14. The smallest absolute Gasteiger partial charge is 0.227 e. The highest BCUT2D eigenvalue weighted by Gasteiger charge is 2.01. The fraction of sp³-hybridized carbons (Fsp3) is 0.429. The van der Waals surface area contributed by atoms with Gasteiger partial charge < -0.3 is 15.7 Å². The van der Waals surface area contributed by atoms with Crippen LogP contribution in [0.5, 0.6) is 0 Å². The van der Waals surface area contributed by atoms with E-state index in [-0.39, 0.29) is 6.61 Å². The van der Waals surface area contributed by atoms with E-state index in [0.717, 1.165) is 0 Å². The lowest BCUT2D eigenvalue weighted by atomic mass is 10.5. The molecule has 0 radical (unpaired) electrons. The first-order valence-electron chi connectivity index (χ1n) is 3.64. The number of aliphatic hydroxyl groups excluding tert-OH is 1. The maximum atomic E-state index is 8.64. The minimum atomic E-state index is 0.0780. The van der Waals surface area contributed by atoms with Gasteiger partial charge in [-0.3, -0.25) is 0 Å². The first-order valence-corrected chi connectivity index (χ1v) is 3.64. The Labute approximate surface area is 70.9 Å². The van der Waals surface area contributed by atoms with Gasteiger partial charge in [-0.25, -0.2) is 4.98 Å². The number of nitrogens with zero attached hydrogens (tertiary/aromatic N) is 3. The summed E-state index contributed by atoms with van der Waals surface area (Å²) >= 11 is 0. The Balaban J connectivity index is 2.73. The van der Waals surface area contributed by atoms with Gasteiger partial charge in [-0.15, -0.1) is 0 Å². The number of hydrogen-bond acceptors (Lipinski definition) is 5. The van der Waals surface area contributed by atoms with Crippen LogP contribution >= 0.6 is 0 Å². The van der Waals surface area contributed by atoms with Crippen LogP contribution in [0.25, 0.3) is 0 Å². The number of nitrogens with two attached hydrogens (primary N) is 1. The molecule has 0 aromatic carbocycles. The predicted molar refractivity (Wildman–Crippen MR) is 46.8 cm³/mol. The van der Waals surface area contributed by atoms with E-state index in [4.69, 9.17) is 10.8 Å². The van der Waals surface area contributed by atoms with Crippen LogP contribution in [0.1, 0.15) is 0 Å². The summed E-state index contributed by atoms with van der Waals surface area (Å²) in [5.41, 5.74) is 5.45. The minimum absolute atomic E-state index is 0.0780. The van der Waals surface area contributed by atoms with E-state index in [1.165, 1.54) is 0 Å². The molecule has 5 nitrogen and oxygen atoms in total. The van der Waals surface area contributed by atoms with Gasteiger partial charge in [0.15, 0.2) is 0 Å². The SMILES string of the molecule is CN(CCO)c1nccc(N)n1. The number of anilines is 2. The van der Waals surface area contributed by atoms with E-state index in [1.807, 2.05) is 0 Å². The molecule has 5 heteroatoms. The molecule has 3 N–H and O–H groups in total. The van der Waals surface area contributed by atoms with E-state index in [1.54, 1.807) is 24.2 Å². The molecule has 0 saturated heterocycles. The molecular formula is C7H12N4O. The minimum Gasteiger partial charge on any atom is -0.395 e. The molecule has 0 bridgehead atoms. The highest BCUT2D eigenvalue weighted by molar-refractivity contribution is 5.36. The normalized spacial score (nSPS) is 9.83. The Bertz CT molecular complexity index is 253. The largest absolute Gasteiger partial charge is 0.395 e. The summed E-state index contributed by atoms with van der Waals surface area (Å²) < 4.78 is 0. The second-order valence-electron chi connectivity index (χ2n) is 2.43. The van der Waals surface area contributed by atoms with Gasteiger partial charge in [-0.2, -0.15) is 4.98 Å². The van der Waals surface area contributed by atoms with Crippen LogP contribution in [0.3, 0.4) is 0 Å². The van der Waals surface area contributed by atoms with Gasteiger partial charge in [0.1, 0.15) is 5.82 Å². The Morgan fingerprint density at radius 1 is 1.67 bits per heavy atom. The summed E-state index contributed by atoms with van der Waals surface area (Å²) in [6.07, 6.45) is 1.59. The fourth-order valence-electron chi connectivity index (χ4n) is 0.796. The monoisotopic (exact) mass is 168 g/mol. The first kappa shape index (κ1) is 8.73. The Morgan fingerprint density at radius 2 is 2.42 bits per heavy atom. The Morgan fingerprint density at radius 3 is 3.00 bits per heavy atom. The third-order valence-electron chi connectivity index (χ3n) is 1.44. The van der Waals surface area contributed by atoms with Crippen molar-refractivity contribution in [2.24, 2.45) is 0 Å². The average Bonchev–Trinajstić information content (AvgIpc) is 2.05. The van der Waals surface area contributed by atoms with Crippen LogP contribution in [0.4, 0.5) is 11.8 Å². The molecule has 0 saturated carbocycles. The first-order chi connectivity index (χ1) is 5.74. The molecule has 66 valence electrons. The van der Waals surface area contributed by atoms with Gasteiger partial charge in [-0.05, 0) is 6.07 Å². The van der Waals surface area contributed by atoms with Crippen LogP contribution in [0.2, 0.25) is 0 Å². The molecule has 0 aliphatic heterocycles. The van der Waals surface area contributed by atoms with Crippen molar-refractivity contribution in [1.82, 2.24) is 9.97 Å². The average molecular weight is 168 g/mol. The molecular weight excluding hydrogens is 156 g/mol. The van der Waals surface area contributed by atoms with E-state index >= 15 is 0 Å². The standard InChI is InChI=1S/C7H12N4O/c1-11(4-5-12)7-9-3-2-6(8)10-7/h2-3,12H,4-5H2,1H3,(H2,8,9,10). The topological polar surface area (TPSA) is 75.3 Å². The van der Waals surface area contributed by atoms with Crippen molar-refractivity contribution in [3.8, 4) is 0 Å². The molecule has 0 aliphatic rings. The third-order valence-corrected chi connectivity index (χ3v) is 1.44. The maximum Gasteiger partial charge on any atom is 0.227 e. The molecule has 0 unspecified atom stereocenters. The molecule has 0 spiro atoms. The summed E-state index contributed by atoms with van der Waals surface area (Å²) in [7, 11) is 1.80. The third kappa shape index (κ3) is 2.06. The second kappa shape index (κ2) is 3.87. The number of likely N-dealkylation sites (N-methyl/N-ethyl adjacent to an activating group) is 1. The molecule has 1 heterocycles. The quantitative estimate of drug-likeness (QED) is 0.635. The molecule has 1 aromatic heterocycles. The van der Waals surface area contributed by atoms with Crippen molar-refractivity contribution >= 4 is 11.8 Å². The number of aliphatic hydroxyl groups is 1. The van der Waals surface area contributed by atoms with Crippen molar-refractivity contribution in [2.45, 2.75) is 0 Å². The molecule has 0 amide bonds. The van der Waals surface area contributed by atoms with Gasteiger partial charge in [0.25, 0.3) is 0 Å².